The summed E-state index contributed by atoms with van der Waals surface area (Å²) in [7, 11) is 5.44. The molecule has 1 unspecified atom stereocenters. The summed E-state index contributed by atoms with van der Waals surface area (Å²) in [6.45, 7) is 6.45. The Morgan fingerprint density at radius 2 is 1.85 bits per heavy atom. The van der Waals surface area contributed by atoms with Gasteiger partial charge in [-0.05, 0) is 76.7 Å². The van der Waals surface area contributed by atoms with Crippen molar-refractivity contribution in [1.29, 1.82) is 0 Å². The maximum atomic E-state index is 13.5. The second-order valence-corrected chi connectivity index (χ2v) is 11.2. The van der Waals surface area contributed by atoms with Crippen molar-refractivity contribution in [2.75, 3.05) is 56.0 Å². The van der Waals surface area contributed by atoms with E-state index in [4.69, 9.17) is 9.72 Å². The first-order valence-electron chi connectivity index (χ1n) is 14.1. The van der Waals surface area contributed by atoms with Crippen molar-refractivity contribution in [3.63, 3.8) is 0 Å². The summed E-state index contributed by atoms with van der Waals surface area (Å²) in [5, 5.41) is 6.42. The molecule has 3 heterocycles. The number of amides is 2. The summed E-state index contributed by atoms with van der Waals surface area (Å²) < 4.78 is 5.64. The van der Waals surface area contributed by atoms with Crippen LogP contribution in [0.5, 0.6) is 5.75 Å². The minimum atomic E-state index is -0.605. The summed E-state index contributed by atoms with van der Waals surface area (Å²) >= 11 is 0. The van der Waals surface area contributed by atoms with Gasteiger partial charge in [0.15, 0.2) is 5.82 Å². The number of rotatable bonds is 7. The minimum Gasteiger partial charge on any atom is -0.495 e. The predicted octanol–water partition coefficient (Wildman–Crippen LogP) is 4.58. The fourth-order valence-corrected chi connectivity index (χ4v) is 5.43. The van der Waals surface area contributed by atoms with Crippen LogP contribution in [0.1, 0.15) is 43.5 Å². The van der Waals surface area contributed by atoms with Gasteiger partial charge in [-0.1, -0.05) is 25.1 Å². The van der Waals surface area contributed by atoms with Crippen LogP contribution in [0.25, 0.3) is 0 Å². The van der Waals surface area contributed by atoms with Gasteiger partial charge in [-0.3, -0.25) is 9.59 Å². The number of nitrogens with zero attached hydrogens (tertiary/aromatic N) is 5. The largest absolute Gasteiger partial charge is 0.495 e. The number of carbonyl (C=O) groups is 2. The summed E-state index contributed by atoms with van der Waals surface area (Å²) in [6, 6.07) is 15.4. The zero-order valence-corrected chi connectivity index (χ0v) is 24.5. The van der Waals surface area contributed by atoms with Crippen LogP contribution in [0.4, 0.5) is 28.8 Å². The highest BCUT2D eigenvalue weighted by Crippen LogP contribution is 2.42. The Morgan fingerprint density at radius 3 is 2.54 bits per heavy atom. The third-order valence-corrected chi connectivity index (χ3v) is 8.31. The predicted molar refractivity (Wildman–Crippen MR) is 162 cm³/mol. The number of carbonyl (C=O) groups excluding carboxylic acids is 2. The van der Waals surface area contributed by atoms with Crippen molar-refractivity contribution in [2.24, 2.45) is 5.41 Å². The summed E-state index contributed by atoms with van der Waals surface area (Å²) in [6.07, 6.45) is 4.23. The van der Waals surface area contributed by atoms with E-state index in [2.05, 4.69) is 32.5 Å². The van der Waals surface area contributed by atoms with E-state index in [1.165, 1.54) is 0 Å². The van der Waals surface area contributed by atoms with Gasteiger partial charge in [-0.2, -0.15) is 4.98 Å². The molecule has 3 aromatic rings. The molecule has 0 spiro atoms. The summed E-state index contributed by atoms with van der Waals surface area (Å²) in [4.78, 5) is 41.9. The SMILES string of the molecule is CCC1(C)CN(c2ccccc2)c2nc(Nc3ccc(C(=O)NC4CCN(C)CC4)cc3OC)ncc2N(C)C1=O. The molecule has 2 aliphatic heterocycles. The highest BCUT2D eigenvalue weighted by molar-refractivity contribution is 6.02. The Bertz CT molecular complexity index is 1410. The third-order valence-electron chi connectivity index (χ3n) is 8.31. The zero-order chi connectivity index (χ0) is 29.1. The molecule has 1 fully saturated rings. The molecular weight excluding hydrogens is 518 g/mol. The number of piperidine rings is 1. The van der Waals surface area contributed by atoms with Gasteiger partial charge in [0.1, 0.15) is 11.4 Å². The highest BCUT2D eigenvalue weighted by atomic mass is 16.5. The number of fused-ring (bicyclic) bond motifs is 1. The molecule has 5 rings (SSSR count). The van der Waals surface area contributed by atoms with Crippen LogP contribution >= 0.6 is 0 Å². The maximum absolute atomic E-state index is 13.5. The molecule has 2 amide bonds. The lowest BCUT2D eigenvalue weighted by molar-refractivity contribution is -0.126. The van der Waals surface area contributed by atoms with Gasteiger partial charge in [-0.15, -0.1) is 0 Å². The van der Waals surface area contributed by atoms with Gasteiger partial charge < -0.3 is 30.1 Å². The van der Waals surface area contributed by atoms with Gasteiger partial charge in [-0.25, -0.2) is 4.98 Å². The number of hydrogen-bond acceptors (Lipinski definition) is 8. The van der Waals surface area contributed by atoms with E-state index >= 15 is 0 Å². The Labute approximate surface area is 241 Å². The molecule has 10 nitrogen and oxygen atoms in total. The minimum absolute atomic E-state index is 0.0276. The van der Waals surface area contributed by atoms with Crippen molar-refractivity contribution in [3.05, 3.63) is 60.3 Å². The molecule has 0 radical (unpaired) electrons. The molecule has 10 heteroatoms. The normalized spacial score (nSPS) is 19.9. The lowest BCUT2D eigenvalue weighted by Crippen LogP contribution is -2.43. The first kappa shape index (κ1) is 28.4. The highest BCUT2D eigenvalue weighted by Gasteiger charge is 2.41. The molecule has 1 saturated heterocycles. The first-order chi connectivity index (χ1) is 19.7. The van der Waals surface area contributed by atoms with E-state index < -0.39 is 5.41 Å². The number of ether oxygens (including phenoxy) is 1. The zero-order valence-electron chi connectivity index (χ0n) is 24.5. The Hall–Kier alpha value is -4.18. The van der Waals surface area contributed by atoms with E-state index in [1.807, 2.05) is 44.2 Å². The molecule has 216 valence electrons. The molecule has 1 atom stereocenters. The van der Waals surface area contributed by atoms with E-state index in [-0.39, 0.29) is 17.9 Å². The van der Waals surface area contributed by atoms with E-state index in [1.54, 1.807) is 43.5 Å². The monoisotopic (exact) mass is 557 g/mol. The molecule has 1 aromatic heterocycles. The van der Waals surface area contributed by atoms with Crippen LogP contribution in [0.3, 0.4) is 0 Å². The van der Waals surface area contributed by atoms with Crippen LogP contribution in [0.2, 0.25) is 0 Å². The molecule has 0 saturated carbocycles. The maximum Gasteiger partial charge on any atom is 0.251 e. The van der Waals surface area contributed by atoms with Crippen LogP contribution in [0, 0.1) is 5.41 Å². The molecule has 2 N–H and O–H groups in total. The van der Waals surface area contributed by atoms with Crippen molar-refractivity contribution in [3.8, 4) is 5.75 Å². The van der Waals surface area contributed by atoms with E-state index in [0.717, 1.165) is 31.6 Å². The number of methoxy groups -OCH3 is 1. The average Bonchev–Trinajstić information content (AvgIpc) is 3.08. The van der Waals surface area contributed by atoms with E-state index in [9.17, 15) is 9.59 Å². The number of anilines is 5. The van der Waals surface area contributed by atoms with Crippen LogP contribution in [-0.2, 0) is 4.79 Å². The number of aromatic nitrogens is 2. The Kier molecular flexibility index (Phi) is 8.12. The smallest absolute Gasteiger partial charge is 0.251 e. The molecule has 0 bridgehead atoms. The lowest BCUT2D eigenvalue weighted by Gasteiger charge is -2.32. The van der Waals surface area contributed by atoms with Crippen LogP contribution in [0.15, 0.2) is 54.7 Å². The lowest BCUT2D eigenvalue weighted by atomic mass is 9.85. The number of para-hydroxylation sites is 1. The number of likely N-dealkylation sites (tertiary alicyclic amines) is 1. The average molecular weight is 558 g/mol. The number of benzene rings is 2. The van der Waals surface area contributed by atoms with Gasteiger partial charge in [0.25, 0.3) is 5.91 Å². The molecular formula is C31H39N7O3. The second kappa shape index (κ2) is 11.7. The summed E-state index contributed by atoms with van der Waals surface area (Å²) in [5.41, 5.74) is 2.13. The van der Waals surface area contributed by atoms with Gasteiger partial charge in [0.05, 0.1) is 24.4 Å². The van der Waals surface area contributed by atoms with Gasteiger partial charge >= 0.3 is 0 Å². The number of hydrogen-bond donors (Lipinski definition) is 2. The molecule has 41 heavy (non-hydrogen) atoms. The Morgan fingerprint density at radius 1 is 1.12 bits per heavy atom. The van der Waals surface area contributed by atoms with Crippen LogP contribution in [-0.4, -0.2) is 73.6 Å². The third kappa shape index (κ3) is 5.83. The van der Waals surface area contributed by atoms with Gasteiger partial charge in [0, 0.05) is 30.9 Å². The first-order valence-corrected chi connectivity index (χ1v) is 14.1. The van der Waals surface area contributed by atoms with Crippen molar-refractivity contribution >= 4 is 40.6 Å². The molecule has 2 aromatic carbocycles. The van der Waals surface area contributed by atoms with Crippen molar-refractivity contribution < 1.29 is 14.3 Å². The number of nitrogens with one attached hydrogen (secondary N) is 2. The van der Waals surface area contributed by atoms with Crippen molar-refractivity contribution in [1.82, 2.24) is 20.2 Å². The van der Waals surface area contributed by atoms with Gasteiger partial charge in [0.2, 0.25) is 11.9 Å². The van der Waals surface area contributed by atoms with Crippen LogP contribution < -0.4 is 25.2 Å². The Balaban J connectivity index is 1.43. The molecule has 2 aliphatic rings. The topological polar surface area (TPSA) is 103 Å². The fraction of sp³-hybridized carbons (Fsp3) is 0.419. The second-order valence-electron chi connectivity index (χ2n) is 11.2. The van der Waals surface area contributed by atoms with E-state index in [0.29, 0.717) is 47.4 Å². The standard InChI is InChI=1S/C31H39N7O3/c1-6-31(2)20-38(23-10-8-7-9-11-23)27-25(37(4)29(31)40)19-32-30(35-27)34-24-13-12-21(18-26(24)41-5)28(39)33-22-14-16-36(3)17-15-22/h7-13,18-19,22H,6,14-17,20H2,1-5H3,(H,33,39)(H,32,34,35). The summed E-state index contributed by atoms with van der Waals surface area (Å²) in [5.74, 6) is 1.41. The molecule has 0 aliphatic carbocycles. The quantitative estimate of drug-likeness (QED) is 0.435. The van der Waals surface area contributed by atoms with Crippen molar-refractivity contribution in [2.45, 2.75) is 39.2 Å². The fourth-order valence-electron chi connectivity index (χ4n) is 5.43.